The summed E-state index contributed by atoms with van der Waals surface area (Å²) in [5, 5.41) is 0. The lowest BCUT2D eigenvalue weighted by Gasteiger charge is -2.11. The van der Waals surface area contributed by atoms with Gasteiger partial charge in [-0.15, -0.1) is 0 Å². The fourth-order valence-electron chi connectivity index (χ4n) is 2.40. The maximum Gasteiger partial charge on any atom is 0.205 e. The van der Waals surface area contributed by atoms with Gasteiger partial charge in [-0.1, -0.05) is 15.9 Å². The van der Waals surface area contributed by atoms with Crippen molar-refractivity contribution in [3.63, 3.8) is 0 Å². The quantitative estimate of drug-likeness (QED) is 0.727. The van der Waals surface area contributed by atoms with Crippen molar-refractivity contribution < 1.29 is 4.39 Å². The molecule has 0 saturated carbocycles. The number of hydrogen-bond donors (Lipinski definition) is 1. The minimum Gasteiger partial charge on any atom is -0.369 e. The average Bonchev–Trinajstić information content (AvgIpc) is 2.70. The third-order valence-corrected chi connectivity index (χ3v) is 4.57. The van der Waals surface area contributed by atoms with Gasteiger partial charge >= 0.3 is 0 Å². The van der Waals surface area contributed by atoms with Crippen LogP contribution in [0.2, 0.25) is 0 Å². The zero-order valence-corrected chi connectivity index (χ0v) is 12.7. The summed E-state index contributed by atoms with van der Waals surface area (Å²) < 4.78 is 16.2. The molecule has 0 spiro atoms. The van der Waals surface area contributed by atoms with E-state index in [0.29, 0.717) is 11.5 Å². The van der Waals surface area contributed by atoms with Crippen LogP contribution in [-0.4, -0.2) is 9.55 Å². The van der Waals surface area contributed by atoms with Crippen molar-refractivity contribution in [1.29, 1.82) is 0 Å². The van der Waals surface area contributed by atoms with Crippen molar-refractivity contribution in [2.45, 2.75) is 13.8 Å². The number of fused-ring (bicyclic) bond motifs is 1. The molecular weight excluding hydrogens is 321 g/mol. The number of rotatable bonds is 1. The molecule has 0 amide bonds. The molecule has 3 rings (SSSR count). The van der Waals surface area contributed by atoms with E-state index in [1.807, 2.05) is 30.5 Å². The van der Waals surface area contributed by atoms with Crippen LogP contribution in [0.5, 0.6) is 0 Å². The van der Waals surface area contributed by atoms with Gasteiger partial charge in [0.1, 0.15) is 5.82 Å². The Labute approximate surface area is 124 Å². The monoisotopic (exact) mass is 333 g/mol. The van der Waals surface area contributed by atoms with Crippen LogP contribution in [-0.2, 0) is 0 Å². The van der Waals surface area contributed by atoms with Crippen molar-refractivity contribution in [3.05, 3.63) is 51.7 Å². The number of halogens is 2. The molecule has 3 nitrogen and oxygen atoms in total. The van der Waals surface area contributed by atoms with E-state index in [1.54, 1.807) is 6.07 Å². The number of aromatic nitrogens is 2. The Balaban J connectivity index is 2.32. The topological polar surface area (TPSA) is 43.8 Å². The van der Waals surface area contributed by atoms with E-state index >= 15 is 0 Å². The first kappa shape index (κ1) is 13.1. The summed E-state index contributed by atoms with van der Waals surface area (Å²) in [5.41, 5.74) is 10.5. The maximum absolute atomic E-state index is 13.3. The summed E-state index contributed by atoms with van der Waals surface area (Å²) in [6, 6.07) is 8.55. The van der Waals surface area contributed by atoms with Gasteiger partial charge in [0.15, 0.2) is 0 Å². The lowest BCUT2D eigenvalue weighted by atomic mass is 10.1. The minimum atomic E-state index is -0.315. The maximum atomic E-state index is 13.3. The standard InChI is InChI=1S/C15H13BrFN3/c1-8-5-11(6-9(2)14(8)16)20-13-4-3-10(17)7-12(13)19-15(20)18/h3-7H,1-2H3,(H2,18,19). The number of nitrogen functional groups attached to an aromatic ring is 1. The van der Waals surface area contributed by atoms with E-state index in [-0.39, 0.29) is 5.82 Å². The summed E-state index contributed by atoms with van der Waals surface area (Å²) in [6.45, 7) is 4.05. The molecule has 2 N–H and O–H groups in total. The summed E-state index contributed by atoms with van der Waals surface area (Å²) in [4.78, 5) is 4.22. The van der Waals surface area contributed by atoms with Gasteiger partial charge in [0.2, 0.25) is 5.95 Å². The molecule has 0 fully saturated rings. The van der Waals surface area contributed by atoms with Crippen LogP contribution in [0, 0.1) is 19.7 Å². The number of imidazole rings is 1. The lowest BCUT2D eigenvalue weighted by Crippen LogP contribution is -2.01. The van der Waals surface area contributed by atoms with Gasteiger partial charge in [0.05, 0.1) is 11.0 Å². The summed E-state index contributed by atoms with van der Waals surface area (Å²) >= 11 is 3.55. The smallest absolute Gasteiger partial charge is 0.205 e. The SMILES string of the molecule is Cc1cc(-n2c(N)nc3cc(F)ccc32)cc(C)c1Br. The highest BCUT2D eigenvalue weighted by atomic mass is 79.9. The van der Waals surface area contributed by atoms with Crippen molar-refractivity contribution >= 4 is 32.9 Å². The molecule has 0 unspecified atom stereocenters. The van der Waals surface area contributed by atoms with Crippen molar-refractivity contribution in [1.82, 2.24) is 9.55 Å². The third kappa shape index (κ3) is 1.98. The van der Waals surface area contributed by atoms with Crippen LogP contribution in [0.25, 0.3) is 16.7 Å². The number of nitrogens with zero attached hydrogens (tertiary/aromatic N) is 2. The summed E-state index contributed by atoms with van der Waals surface area (Å²) in [6.07, 6.45) is 0. The molecular formula is C15H13BrFN3. The fourth-order valence-corrected chi connectivity index (χ4v) is 2.62. The van der Waals surface area contributed by atoms with E-state index in [9.17, 15) is 4.39 Å². The van der Waals surface area contributed by atoms with Gasteiger partial charge in [-0.25, -0.2) is 9.37 Å². The molecule has 0 aliphatic rings. The highest BCUT2D eigenvalue weighted by Crippen LogP contribution is 2.28. The second-order valence-corrected chi connectivity index (χ2v) is 5.62. The van der Waals surface area contributed by atoms with Crippen LogP contribution in [0.15, 0.2) is 34.8 Å². The molecule has 0 atom stereocenters. The van der Waals surface area contributed by atoms with Crippen LogP contribution in [0.1, 0.15) is 11.1 Å². The Morgan fingerprint density at radius 2 is 1.80 bits per heavy atom. The van der Waals surface area contributed by atoms with E-state index in [0.717, 1.165) is 26.8 Å². The first-order valence-electron chi connectivity index (χ1n) is 6.18. The molecule has 0 aliphatic heterocycles. The van der Waals surface area contributed by atoms with Gasteiger partial charge in [-0.05, 0) is 49.2 Å². The zero-order chi connectivity index (χ0) is 14.4. The largest absolute Gasteiger partial charge is 0.369 e. The molecule has 20 heavy (non-hydrogen) atoms. The number of benzene rings is 2. The first-order chi connectivity index (χ1) is 9.47. The van der Waals surface area contributed by atoms with E-state index in [2.05, 4.69) is 20.9 Å². The predicted molar refractivity (Wildman–Crippen MR) is 82.6 cm³/mol. The van der Waals surface area contributed by atoms with Crippen LogP contribution >= 0.6 is 15.9 Å². The fraction of sp³-hybridized carbons (Fsp3) is 0.133. The Kier molecular flexibility index (Phi) is 3.01. The summed E-state index contributed by atoms with van der Waals surface area (Å²) in [5.74, 6) is 0.0389. The molecule has 2 aromatic carbocycles. The Hall–Kier alpha value is -1.88. The average molecular weight is 334 g/mol. The molecule has 1 aromatic heterocycles. The van der Waals surface area contributed by atoms with Crippen molar-refractivity contribution in [3.8, 4) is 5.69 Å². The van der Waals surface area contributed by atoms with Gasteiger partial charge in [-0.2, -0.15) is 0 Å². The first-order valence-corrected chi connectivity index (χ1v) is 6.97. The van der Waals surface area contributed by atoms with Crippen LogP contribution in [0.3, 0.4) is 0 Å². The second-order valence-electron chi connectivity index (χ2n) is 4.83. The van der Waals surface area contributed by atoms with Gasteiger partial charge in [0.25, 0.3) is 0 Å². The molecule has 0 bridgehead atoms. The Morgan fingerprint density at radius 1 is 1.15 bits per heavy atom. The molecule has 102 valence electrons. The van der Waals surface area contributed by atoms with Gasteiger partial charge < -0.3 is 5.73 Å². The highest BCUT2D eigenvalue weighted by Gasteiger charge is 2.12. The van der Waals surface area contributed by atoms with Gasteiger partial charge in [-0.3, -0.25) is 4.57 Å². The molecule has 0 saturated heterocycles. The molecule has 0 aliphatic carbocycles. The second kappa shape index (κ2) is 4.59. The minimum absolute atomic E-state index is 0.315. The van der Waals surface area contributed by atoms with Crippen molar-refractivity contribution in [2.75, 3.05) is 5.73 Å². The number of nitrogens with two attached hydrogens (primary N) is 1. The molecule has 5 heteroatoms. The third-order valence-electron chi connectivity index (χ3n) is 3.32. The number of aryl methyl sites for hydroxylation is 2. The van der Waals surface area contributed by atoms with Crippen LogP contribution in [0.4, 0.5) is 10.3 Å². The zero-order valence-electron chi connectivity index (χ0n) is 11.1. The summed E-state index contributed by atoms with van der Waals surface area (Å²) in [7, 11) is 0. The van der Waals surface area contributed by atoms with E-state index in [4.69, 9.17) is 5.73 Å². The van der Waals surface area contributed by atoms with Crippen molar-refractivity contribution in [2.24, 2.45) is 0 Å². The van der Waals surface area contributed by atoms with E-state index in [1.165, 1.54) is 12.1 Å². The Bertz CT molecular complexity index is 800. The van der Waals surface area contributed by atoms with Gasteiger partial charge in [0, 0.05) is 16.2 Å². The Morgan fingerprint density at radius 3 is 2.45 bits per heavy atom. The predicted octanol–water partition coefficient (Wildman–Crippen LogP) is 4.13. The molecule has 1 heterocycles. The number of hydrogen-bond acceptors (Lipinski definition) is 2. The highest BCUT2D eigenvalue weighted by molar-refractivity contribution is 9.10. The molecule has 3 aromatic rings. The lowest BCUT2D eigenvalue weighted by molar-refractivity contribution is 0.629. The number of anilines is 1. The van der Waals surface area contributed by atoms with E-state index < -0.39 is 0 Å². The van der Waals surface area contributed by atoms with Crippen LogP contribution < -0.4 is 5.73 Å². The molecule has 0 radical (unpaired) electrons. The normalized spacial score (nSPS) is 11.2.